The third-order valence-electron chi connectivity index (χ3n) is 7.32. The molecule has 2 aromatic rings. The van der Waals surface area contributed by atoms with E-state index in [-0.39, 0.29) is 11.8 Å². The molecule has 6 heteroatoms. The van der Waals surface area contributed by atoms with Crippen LogP contribution in [0.5, 0.6) is 0 Å². The smallest absolute Gasteiger partial charge is 0.260 e. The van der Waals surface area contributed by atoms with Crippen LogP contribution in [-0.2, 0) is 9.59 Å². The third kappa shape index (κ3) is 5.80. The Labute approximate surface area is 228 Å². The standard InChI is InChI=1S/C30H39BrN2O2S/c1-3-5-7-9-11-13-18-32-24-17-20-36-28(24)27(30(32)35)26-23-16-15-22(31)21-25(23)33(29(26)34)19-14-12-10-8-6-4-2/h15-17,20-21H,3-14,18-19H2,1-2H3/b27-26-. The number of nitrogens with zero attached hydrogens (tertiary/aromatic N) is 2. The molecule has 0 bridgehead atoms. The summed E-state index contributed by atoms with van der Waals surface area (Å²) < 4.78 is 0.951. The van der Waals surface area contributed by atoms with Crippen LogP contribution in [-0.4, -0.2) is 24.9 Å². The number of hydrogen-bond acceptors (Lipinski definition) is 3. The number of carbonyl (C=O) groups is 2. The van der Waals surface area contributed by atoms with Gasteiger partial charge in [0.1, 0.15) is 0 Å². The Morgan fingerprint density at radius 2 is 1.25 bits per heavy atom. The van der Waals surface area contributed by atoms with Crippen LogP contribution in [0.4, 0.5) is 11.4 Å². The average molecular weight is 572 g/mol. The first-order valence-corrected chi connectivity index (χ1v) is 15.5. The van der Waals surface area contributed by atoms with Crippen LogP contribution < -0.4 is 9.80 Å². The van der Waals surface area contributed by atoms with Crippen LogP contribution in [0.15, 0.2) is 34.1 Å². The number of thiophene rings is 1. The number of rotatable bonds is 14. The fourth-order valence-electron chi connectivity index (χ4n) is 5.35. The zero-order chi connectivity index (χ0) is 25.5. The van der Waals surface area contributed by atoms with Crippen LogP contribution >= 0.6 is 27.3 Å². The van der Waals surface area contributed by atoms with E-state index in [1.807, 2.05) is 39.4 Å². The number of carbonyl (C=O) groups excluding carboxylic acids is 2. The van der Waals surface area contributed by atoms with E-state index in [1.165, 1.54) is 51.4 Å². The molecule has 194 valence electrons. The van der Waals surface area contributed by atoms with E-state index in [2.05, 4.69) is 29.8 Å². The maximum absolute atomic E-state index is 13.9. The molecule has 0 spiro atoms. The first-order chi connectivity index (χ1) is 17.6. The fourth-order valence-corrected chi connectivity index (χ4v) is 6.64. The summed E-state index contributed by atoms with van der Waals surface area (Å²) in [5.74, 6) is -0.0372. The highest BCUT2D eigenvalue weighted by molar-refractivity contribution is 9.10. The second-order valence-corrected chi connectivity index (χ2v) is 11.8. The van der Waals surface area contributed by atoms with Gasteiger partial charge in [-0.25, -0.2) is 0 Å². The molecule has 0 N–H and O–H groups in total. The van der Waals surface area contributed by atoms with Gasteiger partial charge in [0.2, 0.25) is 0 Å². The lowest BCUT2D eigenvalue weighted by atomic mass is 10.0. The molecule has 4 rings (SSSR count). The van der Waals surface area contributed by atoms with Crippen molar-refractivity contribution >= 4 is 61.6 Å². The fraction of sp³-hybridized carbons (Fsp3) is 0.533. The SMILES string of the molecule is CCCCCCCCN1C(=O)/C(=C2\C(=O)N(CCCCCCCC)c3ccsc32)c2ccc(Br)cc21. The summed E-state index contributed by atoms with van der Waals surface area (Å²) in [7, 11) is 0. The monoisotopic (exact) mass is 570 g/mol. The summed E-state index contributed by atoms with van der Waals surface area (Å²) in [6.45, 7) is 5.86. The van der Waals surface area contributed by atoms with Crippen LogP contribution in [0, 0.1) is 0 Å². The number of halogens is 1. The molecule has 2 aliphatic rings. The number of anilines is 2. The molecular weight excluding hydrogens is 532 g/mol. The minimum absolute atomic E-state index is 0.0101. The lowest BCUT2D eigenvalue weighted by Gasteiger charge is -2.17. The molecule has 2 aliphatic heterocycles. The van der Waals surface area contributed by atoms with Gasteiger partial charge in [0.15, 0.2) is 0 Å². The Bertz CT molecular complexity index is 1110. The molecule has 4 nitrogen and oxygen atoms in total. The third-order valence-corrected chi connectivity index (χ3v) is 8.74. The molecule has 36 heavy (non-hydrogen) atoms. The van der Waals surface area contributed by atoms with Gasteiger partial charge in [0.05, 0.1) is 27.4 Å². The Kier molecular flexibility index (Phi) is 9.83. The highest BCUT2D eigenvalue weighted by Gasteiger charge is 2.42. The summed E-state index contributed by atoms with van der Waals surface area (Å²) in [5.41, 5.74) is 3.97. The van der Waals surface area contributed by atoms with E-state index < -0.39 is 0 Å². The van der Waals surface area contributed by atoms with Gasteiger partial charge in [-0.3, -0.25) is 9.59 Å². The Morgan fingerprint density at radius 3 is 1.89 bits per heavy atom. The molecular formula is C30H39BrN2O2S. The van der Waals surface area contributed by atoms with E-state index >= 15 is 0 Å². The highest BCUT2D eigenvalue weighted by Crippen LogP contribution is 2.49. The zero-order valence-electron chi connectivity index (χ0n) is 21.8. The van der Waals surface area contributed by atoms with Crippen molar-refractivity contribution < 1.29 is 9.59 Å². The molecule has 0 fully saturated rings. The first kappa shape index (κ1) is 27.1. The van der Waals surface area contributed by atoms with E-state index in [9.17, 15) is 9.59 Å². The minimum atomic E-state index is -0.0271. The molecule has 0 saturated carbocycles. The average Bonchev–Trinajstić information content (AvgIpc) is 3.51. The topological polar surface area (TPSA) is 40.6 Å². The van der Waals surface area contributed by atoms with Crippen LogP contribution in [0.3, 0.4) is 0 Å². The maximum atomic E-state index is 13.9. The lowest BCUT2D eigenvalue weighted by Crippen LogP contribution is -2.30. The predicted molar refractivity (Wildman–Crippen MR) is 157 cm³/mol. The van der Waals surface area contributed by atoms with Gasteiger partial charge < -0.3 is 9.80 Å². The second kappa shape index (κ2) is 13.0. The van der Waals surface area contributed by atoms with Gasteiger partial charge in [0, 0.05) is 23.1 Å². The summed E-state index contributed by atoms with van der Waals surface area (Å²) in [4.78, 5) is 32.4. The molecule has 3 heterocycles. The van der Waals surface area contributed by atoms with Gasteiger partial charge in [-0.1, -0.05) is 100 Å². The van der Waals surface area contributed by atoms with Crippen molar-refractivity contribution in [2.45, 2.75) is 90.9 Å². The minimum Gasteiger partial charge on any atom is -0.308 e. The normalized spacial score (nSPS) is 16.9. The van der Waals surface area contributed by atoms with Crippen molar-refractivity contribution in [1.82, 2.24) is 0 Å². The van der Waals surface area contributed by atoms with Crippen molar-refractivity contribution in [3.8, 4) is 0 Å². The van der Waals surface area contributed by atoms with E-state index in [0.29, 0.717) is 24.2 Å². The van der Waals surface area contributed by atoms with E-state index in [0.717, 1.165) is 52.0 Å². The predicted octanol–water partition coefficient (Wildman–Crippen LogP) is 8.84. The van der Waals surface area contributed by atoms with Gasteiger partial charge in [0.25, 0.3) is 11.8 Å². The van der Waals surface area contributed by atoms with Crippen LogP contribution in [0.2, 0.25) is 0 Å². The highest BCUT2D eigenvalue weighted by atomic mass is 79.9. The molecule has 0 unspecified atom stereocenters. The molecule has 0 saturated heterocycles. The summed E-state index contributed by atoms with van der Waals surface area (Å²) >= 11 is 5.17. The number of unbranched alkanes of at least 4 members (excludes halogenated alkanes) is 10. The summed E-state index contributed by atoms with van der Waals surface area (Å²) in [6.07, 6.45) is 14.2. The summed E-state index contributed by atoms with van der Waals surface area (Å²) in [5, 5.41) is 2.04. The Balaban J connectivity index is 1.56. The van der Waals surface area contributed by atoms with Gasteiger partial charge in [-0.2, -0.15) is 0 Å². The first-order valence-electron chi connectivity index (χ1n) is 13.8. The zero-order valence-corrected chi connectivity index (χ0v) is 24.2. The van der Waals surface area contributed by atoms with Crippen molar-refractivity contribution in [1.29, 1.82) is 0 Å². The second-order valence-electron chi connectivity index (χ2n) is 10.00. The van der Waals surface area contributed by atoms with Crippen molar-refractivity contribution in [2.75, 3.05) is 22.9 Å². The summed E-state index contributed by atoms with van der Waals surface area (Å²) in [6, 6.07) is 8.04. The maximum Gasteiger partial charge on any atom is 0.260 e. The van der Waals surface area contributed by atoms with E-state index in [4.69, 9.17) is 0 Å². The van der Waals surface area contributed by atoms with E-state index in [1.54, 1.807) is 11.3 Å². The van der Waals surface area contributed by atoms with Crippen LogP contribution in [0.1, 0.15) is 101 Å². The molecule has 2 amide bonds. The number of amides is 2. The number of benzene rings is 1. The molecule has 0 atom stereocenters. The molecule has 0 radical (unpaired) electrons. The molecule has 1 aromatic heterocycles. The van der Waals surface area contributed by atoms with Crippen molar-refractivity contribution in [3.63, 3.8) is 0 Å². The van der Waals surface area contributed by atoms with Crippen molar-refractivity contribution in [3.05, 3.63) is 44.6 Å². The largest absolute Gasteiger partial charge is 0.308 e. The molecule has 0 aliphatic carbocycles. The quantitative estimate of drug-likeness (QED) is 0.168. The Hall–Kier alpha value is -1.92. The van der Waals surface area contributed by atoms with Gasteiger partial charge in [-0.15, -0.1) is 11.3 Å². The number of fused-ring (bicyclic) bond motifs is 2. The molecule has 1 aromatic carbocycles. The number of hydrogen-bond donors (Lipinski definition) is 0. The van der Waals surface area contributed by atoms with Gasteiger partial charge >= 0.3 is 0 Å². The lowest BCUT2D eigenvalue weighted by molar-refractivity contribution is -0.114. The van der Waals surface area contributed by atoms with Gasteiger partial charge in [-0.05, 0) is 36.4 Å². The van der Waals surface area contributed by atoms with Crippen LogP contribution in [0.25, 0.3) is 11.1 Å². The van der Waals surface area contributed by atoms with Crippen molar-refractivity contribution in [2.24, 2.45) is 0 Å². The Morgan fingerprint density at radius 1 is 0.694 bits per heavy atom.